The molecule has 2 aromatic carbocycles. The minimum Gasteiger partial charge on any atom is -0.497 e. The number of hydrogen-bond donors (Lipinski definition) is 2. The predicted molar refractivity (Wildman–Crippen MR) is 116 cm³/mol. The minimum absolute atomic E-state index is 0.0516. The maximum Gasteiger partial charge on any atom is 0.262 e. The summed E-state index contributed by atoms with van der Waals surface area (Å²) in [6.45, 7) is 0.624. The summed E-state index contributed by atoms with van der Waals surface area (Å²) in [5.74, 6) is 1.26. The van der Waals surface area contributed by atoms with E-state index in [1.807, 2.05) is 0 Å². The Labute approximate surface area is 175 Å². The fourth-order valence-electron chi connectivity index (χ4n) is 2.88. The van der Waals surface area contributed by atoms with Gasteiger partial charge in [0.1, 0.15) is 17.3 Å². The lowest BCUT2D eigenvalue weighted by Gasteiger charge is -2.09. The van der Waals surface area contributed by atoms with E-state index in [9.17, 15) is 13.2 Å². The van der Waals surface area contributed by atoms with Gasteiger partial charge >= 0.3 is 0 Å². The highest BCUT2D eigenvalue weighted by molar-refractivity contribution is 7.90. The molecule has 8 nitrogen and oxygen atoms in total. The SMILES string of the molecule is COc1ccc(C=CC(=O)Nc2cccc(S(=O)(=O)NC3=NCCC3)c2)c(OC)c1. The molecule has 1 aliphatic rings. The summed E-state index contributed by atoms with van der Waals surface area (Å²) in [5.41, 5.74) is 1.06. The Kier molecular flexibility index (Phi) is 6.73. The number of aliphatic imine (C=N–C) groups is 1. The van der Waals surface area contributed by atoms with E-state index in [4.69, 9.17) is 9.47 Å². The average Bonchev–Trinajstić information content (AvgIpc) is 3.24. The summed E-state index contributed by atoms with van der Waals surface area (Å²) in [6, 6.07) is 11.3. The molecule has 30 heavy (non-hydrogen) atoms. The molecule has 2 aromatic rings. The van der Waals surface area contributed by atoms with Gasteiger partial charge in [-0.2, -0.15) is 0 Å². The number of sulfonamides is 1. The lowest BCUT2D eigenvalue weighted by molar-refractivity contribution is -0.111. The number of carbonyl (C=O) groups excluding carboxylic acids is 1. The van der Waals surface area contributed by atoms with Crippen LogP contribution in [-0.4, -0.2) is 40.9 Å². The van der Waals surface area contributed by atoms with Crippen LogP contribution in [0.15, 0.2) is 58.4 Å². The molecular weight excluding hydrogens is 406 g/mol. The molecule has 9 heteroatoms. The van der Waals surface area contributed by atoms with Crippen LogP contribution in [0.1, 0.15) is 18.4 Å². The van der Waals surface area contributed by atoms with E-state index in [2.05, 4.69) is 15.0 Å². The van der Waals surface area contributed by atoms with Gasteiger partial charge in [-0.1, -0.05) is 6.07 Å². The number of hydrogen-bond acceptors (Lipinski definition) is 6. The van der Waals surface area contributed by atoms with E-state index in [0.717, 1.165) is 6.42 Å². The van der Waals surface area contributed by atoms with E-state index in [-0.39, 0.29) is 4.90 Å². The molecule has 0 unspecified atom stereocenters. The van der Waals surface area contributed by atoms with E-state index < -0.39 is 15.9 Å². The normalized spacial score (nSPS) is 13.7. The van der Waals surface area contributed by atoms with Crippen molar-refractivity contribution in [3.05, 3.63) is 54.1 Å². The fraction of sp³-hybridized carbons (Fsp3) is 0.238. The maximum atomic E-state index is 12.5. The molecule has 0 bridgehead atoms. The Morgan fingerprint density at radius 1 is 1.13 bits per heavy atom. The summed E-state index contributed by atoms with van der Waals surface area (Å²) >= 11 is 0. The number of amidine groups is 1. The third kappa shape index (κ3) is 5.38. The summed E-state index contributed by atoms with van der Waals surface area (Å²) in [4.78, 5) is 16.5. The van der Waals surface area contributed by atoms with Gasteiger partial charge in [0.15, 0.2) is 0 Å². The molecule has 0 spiro atoms. The lowest BCUT2D eigenvalue weighted by Crippen LogP contribution is -2.29. The van der Waals surface area contributed by atoms with E-state index >= 15 is 0 Å². The van der Waals surface area contributed by atoms with Gasteiger partial charge in [0.25, 0.3) is 10.0 Å². The van der Waals surface area contributed by atoms with Crippen LogP contribution in [0, 0.1) is 0 Å². The number of benzene rings is 2. The Balaban J connectivity index is 1.70. The molecule has 2 N–H and O–H groups in total. The van der Waals surface area contributed by atoms with Crippen molar-refractivity contribution in [1.29, 1.82) is 0 Å². The molecule has 0 aromatic heterocycles. The van der Waals surface area contributed by atoms with Crippen LogP contribution in [-0.2, 0) is 14.8 Å². The first kappa shape index (κ1) is 21.4. The van der Waals surface area contributed by atoms with Gasteiger partial charge in [-0.15, -0.1) is 0 Å². The van der Waals surface area contributed by atoms with E-state index in [0.29, 0.717) is 41.6 Å². The lowest BCUT2D eigenvalue weighted by atomic mass is 10.1. The zero-order valence-corrected chi connectivity index (χ0v) is 17.5. The van der Waals surface area contributed by atoms with E-state index in [1.54, 1.807) is 43.5 Å². The zero-order valence-electron chi connectivity index (χ0n) is 16.7. The molecule has 0 radical (unpaired) electrons. The first-order valence-electron chi connectivity index (χ1n) is 9.28. The number of rotatable bonds is 7. The van der Waals surface area contributed by atoms with Gasteiger partial charge < -0.3 is 14.8 Å². The predicted octanol–water partition coefficient (Wildman–Crippen LogP) is 2.83. The molecule has 0 atom stereocenters. The largest absolute Gasteiger partial charge is 0.497 e. The highest BCUT2D eigenvalue weighted by atomic mass is 32.2. The highest BCUT2D eigenvalue weighted by Crippen LogP contribution is 2.25. The van der Waals surface area contributed by atoms with E-state index in [1.165, 1.54) is 25.3 Å². The topological polar surface area (TPSA) is 106 Å². The van der Waals surface area contributed by atoms with Crippen LogP contribution >= 0.6 is 0 Å². The second-order valence-electron chi connectivity index (χ2n) is 6.50. The third-order valence-corrected chi connectivity index (χ3v) is 5.77. The number of nitrogens with one attached hydrogen (secondary N) is 2. The number of methoxy groups -OCH3 is 2. The van der Waals surface area contributed by atoms with Crippen LogP contribution in [0.2, 0.25) is 0 Å². The van der Waals surface area contributed by atoms with Gasteiger partial charge in [0.2, 0.25) is 5.91 Å². The van der Waals surface area contributed by atoms with Gasteiger partial charge in [-0.3, -0.25) is 14.5 Å². The molecule has 3 rings (SSSR count). The third-order valence-electron chi connectivity index (χ3n) is 4.39. The van der Waals surface area contributed by atoms with Gasteiger partial charge in [-0.05, 0) is 42.8 Å². The van der Waals surface area contributed by atoms with Gasteiger partial charge in [0, 0.05) is 36.4 Å². The summed E-state index contributed by atoms with van der Waals surface area (Å²) < 4.78 is 38.0. The molecule has 0 saturated carbocycles. The van der Waals surface area contributed by atoms with Crippen LogP contribution in [0.25, 0.3) is 6.08 Å². The van der Waals surface area contributed by atoms with Crippen LogP contribution in [0.4, 0.5) is 5.69 Å². The van der Waals surface area contributed by atoms with Crippen molar-refractivity contribution in [2.75, 3.05) is 26.1 Å². The highest BCUT2D eigenvalue weighted by Gasteiger charge is 2.18. The monoisotopic (exact) mass is 429 g/mol. The molecule has 1 amide bonds. The Morgan fingerprint density at radius 3 is 2.67 bits per heavy atom. The minimum atomic E-state index is -3.75. The number of carbonyl (C=O) groups is 1. The summed E-state index contributed by atoms with van der Waals surface area (Å²) in [7, 11) is -0.662. The molecular formula is C21H23N3O5S. The Bertz CT molecular complexity index is 1090. The number of amides is 1. The van der Waals surface area contributed by atoms with Crippen molar-refractivity contribution in [3.8, 4) is 11.5 Å². The molecule has 0 aliphatic carbocycles. The molecule has 0 saturated heterocycles. The maximum absolute atomic E-state index is 12.5. The standard InChI is InChI=1S/C21H23N3O5S/c1-28-17-10-8-15(19(14-17)29-2)9-11-21(25)23-16-5-3-6-18(13-16)30(26,27)24-20-7-4-12-22-20/h3,5-6,8-11,13-14H,4,7,12H2,1-2H3,(H,22,24)(H,23,25). The smallest absolute Gasteiger partial charge is 0.262 e. The van der Waals surface area contributed by atoms with Gasteiger partial charge in [-0.25, -0.2) is 8.42 Å². The van der Waals surface area contributed by atoms with Crippen molar-refractivity contribution in [1.82, 2.24) is 4.72 Å². The summed E-state index contributed by atoms with van der Waals surface area (Å²) in [6.07, 6.45) is 4.39. The van der Waals surface area contributed by atoms with Crippen molar-refractivity contribution in [3.63, 3.8) is 0 Å². The molecule has 158 valence electrons. The average molecular weight is 429 g/mol. The summed E-state index contributed by atoms with van der Waals surface area (Å²) in [5, 5.41) is 2.66. The van der Waals surface area contributed by atoms with Crippen molar-refractivity contribution >= 4 is 33.5 Å². The van der Waals surface area contributed by atoms with Gasteiger partial charge in [0.05, 0.1) is 19.1 Å². The number of ether oxygens (including phenoxy) is 2. The van der Waals surface area contributed by atoms with Crippen LogP contribution in [0.3, 0.4) is 0 Å². The zero-order chi connectivity index (χ0) is 21.6. The Hall–Kier alpha value is -3.33. The van der Waals surface area contributed by atoms with Crippen LogP contribution < -0.4 is 19.5 Å². The molecule has 0 fully saturated rings. The number of nitrogens with zero attached hydrogens (tertiary/aromatic N) is 1. The van der Waals surface area contributed by atoms with Crippen molar-refractivity contribution in [2.24, 2.45) is 4.99 Å². The van der Waals surface area contributed by atoms with Crippen LogP contribution in [0.5, 0.6) is 11.5 Å². The second-order valence-corrected chi connectivity index (χ2v) is 8.18. The fourth-order valence-corrected chi connectivity index (χ4v) is 4.02. The quantitative estimate of drug-likeness (QED) is 0.659. The first-order valence-corrected chi connectivity index (χ1v) is 10.8. The number of anilines is 1. The molecule has 1 aliphatic heterocycles. The first-order chi connectivity index (χ1) is 14.4. The molecule has 1 heterocycles. The van der Waals surface area contributed by atoms with Crippen molar-refractivity contribution < 1.29 is 22.7 Å². The second kappa shape index (κ2) is 9.45. The Morgan fingerprint density at radius 2 is 1.97 bits per heavy atom. The van der Waals surface area contributed by atoms with Crippen molar-refractivity contribution in [2.45, 2.75) is 17.7 Å².